The number of esters is 1. The number of aliphatic hydroxyl groups excluding tert-OH is 1. The number of hydrogen-bond acceptors (Lipinski definition) is 7. The van der Waals surface area contributed by atoms with Crippen molar-refractivity contribution in [3.8, 4) is 0 Å². The largest absolute Gasteiger partial charge is 0.462 e. The summed E-state index contributed by atoms with van der Waals surface area (Å²) in [6.07, 6.45) is 0.594. The van der Waals surface area contributed by atoms with Gasteiger partial charge in [0, 0.05) is 13.2 Å². The zero-order chi connectivity index (χ0) is 15.4. The first-order chi connectivity index (χ1) is 10.1. The quantitative estimate of drug-likeness (QED) is 0.481. The standard InChI is InChI=1S/C13H16ClN3O3S/c1-3-20-12(19)9-7(2)8-10(15-5-4-6-18)16-13(14)17-11(8)21-9/h18H,3-6H2,1-2H3,(H,15,16,17). The molecule has 0 aliphatic rings. The van der Waals surface area contributed by atoms with E-state index in [0.717, 1.165) is 10.9 Å². The summed E-state index contributed by atoms with van der Waals surface area (Å²) in [6.45, 7) is 4.56. The number of aliphatic hydroxyl groups is 1. The first-order valence-electron chi connectivity index (χ1n) is 6.57. The minimum Gasteiger partial charge on any atom is -0.462 e. The highest BCUT2D eigenvalue weighted by molar-refractivity contribution is 7.20. The zero-order valence-electron chi connectivity index (χ0n) is 11.8. The van der Waals surface area contributed by atoms with E-state index in [9.17, 15) is 4.79 Å². The summed E-state index contributed by atoms with van der Waals surface area (Å²) in [4.78, 5) is 21.4. The summed E-state index contributed by atoms with van der Waals surface area (Å²) in [5.41, 5.74) is 0.775. The Hall–Kier alpha value is -1.44. The predicted octanol–water partition coefficient (Wildman–Crippen LogP) is 2.62. The van der Waals surface area contributed by atoms with E-state index in [1.807, 2.05) is 6.92 Å². The maximum absolute atomic E-state index is 11.9. The number of aromatic nitrogens is 2. The molecule has 0 bridgehead atoms. The van der Waals surface area contributed by atoms with Crippen molar-refractivity contribution in [2.75, 3.05) is 25.1 Å². The number of hydrogen-bond donors (Lipinski definition) is 2. The number of fused-ring (bicyclic) bond motifs is 1. The topological polar surface area (TPSA) is 84.3 Å². The van der Waals surface area contributed by atoms with Crippen LogP contribution in [0.2, 0.25) is 5.28 Å². The van der Waals surface area contributed by atoms with Crippen LogP contribution in [0.4, 0.5) is 5.82 Å². The van der Waals surface area contributed by atoms with E-state index < -0.39 is 0 Å². The molecule has 0 aliphatic heterocycles. The molecule has 0 aromatic carbocycles. The molecule has 2 N–H and O–H groups in total. The molecular formula is C13H16ClN3O3S. The number of nitrogens with one attached hydrogen (secondary N) is 1. The molecule has 2 rings (SSSR count). The van der Waals surface area contributed by atoms with Gasteiger partial charge in [0.25, 0.3) is 0 Å². The van der Waals surface area contributed by atoms with Gasteiger partial charge in [0.05, 0.1) is 12.0 Å². The minimum absolute atomic E-state index is 0.0889. The van der Waals surface area contributed by atoms with Crippen molar-refractivity contribution in [3.63, 3.8) is 0 Å². The third kappa shape index (κ3) is 3.42. The first-order valence-corrected chi connectivity index (χ1v) is 7.76. The number of halogens is 1. The number of ether oxygens (including phenoxy) is 1. The van der Waals surface area contributed by atoms with Crippen molar-refractivity contribution < 1.29 is 14.6 Å². The molecule has 2 heterocycles. The Kier molecular flexibility index (Phi) is 5.33. The number of anilines is 1. The van der Waals surface area contributed by atoms with Gasteiger partial charge in [0.1, 0.15) is 15.5 Å². The summed E-state index contributed by atoms with van der Waals surface area (Å²) < 4.78 is 5.04. The molecule has 0 saturated heterocycles. The fraction of sp³-hybridized carbons (Fsp3) is 0.462. The molecule has 0 fully saturated rings. The van der Waals surface area contributed by atoms with E-state index in [2.05, 4.69) is 15.3 Å². The Bertz CT molecular complexity index is 660. The van der Waals surface area contributed by atoms with Crippen LogP contribution < -0.4 is 5.32 Å². The van der Waals surface area contributed by atoms with Crippen molar-refractivity contribution in [3.05, 3.63) is 15.7 Å². The summed E-state index contributed by atoms with van der Waals surface area (Å²) in [5, 5.41) is 12.8. The number of nitrogens with zero attached hydrogens (tertiary/aromatic N) is 2. The fourth-order valence-electron chi connectivity index (χ4n) is 1.92. The molecule has 6 nitrogen and oxygen atoms in total. The molecule has 8 heteroatoms. The Labute approximate surface area is 131 Å². The van der Waals surface area contributed by atoms with E-state index in [0.29, 0.717) is 35.1 Å². The average molecular weight is 330 g/mol. The number of thiophene rings is 1. The van der Waals surface area contributed by atoms with Crippen LogP contribution in [0.15, 0.2) is 0 Å². The molecule has 0 saturated carbocycles. The maximum Gasteiger partial charge on any atom is 0.348 e. The van der Waals surface area contributed by atoms with Gasteiger partial charge in [-0.1, -0.05) is 0 Å². The van der Waals surface area contributed by atoms with Crippen LogP contribution in [0, 0.1) is 6.92 Å². The Morgan fingerprint density at radius 1 is 1.48 bits per heavy atom. The normalized spacial score (nSPS) is 10.9. The van der Waals surface area contributed by atoms with Crippen molar-refractivity contribution in [1.29, 1.82) is 0 Å². The van der Waals surface area contributed by atoms with Crippen LogP contribution in [0.1, 0.15) is 28.6 Å². The van der Waals surface area contributed by atoms with E-state index in [1.54, 1.807) is 6.92 Å². The monoisotopic (exact) mass is 329 g/mol. The smallest absolute Gasteiger partial charge is 0.348 e. The van der Waals surface area contributed by atoms with Gasteiger partial charge in [-0.3, -0.25) is 0 Å². The lowest BCUT2D eigenvalue weighted by molar-refractivity contribution is 0.0531. The van der Waals surface area contributed by atoms with Crippen LogP contribution in [-0.2, 0) is 4.74 Å². The predicted molar refractivity (Wildman–Crippen MR) is 83.3 cm³/mol. The third-order valence-corrected chi connectivity index (χ3v) is 4.19. The van der Waals surface area contributed by atoms with Gasteiger partial charge in [-0.2, -0.15) is 0 Å². The molecule has 2 aromatic rings. The van der Waals surface area contributed by atoms with Crippen molar-refractivity contribution in [1.82, 2.24) is 9.97 Å². The fourth-order valence-corrected chi connectivity index (χ4v) is 3.21. The summed E-state index contributed by atoms with van der Waals surface area (Å²) in [7, 11) is 0. The molecule has 114 valence electrons. The SMILES string of the molecule is CCOC(=O)c1sc2nc(Cl)nc(NCCCO)c2c1C. The number of rotatable bonds is 6. The van der Waals surface area contributed by atoms with Crippen LogP contribution in [0.5, 0.6) is 0 Å². The van der Waals surface area contributed by atoms with Gasteiger partial charge in [-0.25, -0.2) is 14.8 Å². The lowest BCUT2D eigenvalue weighted by Crippen LogP contribution is -2.07. The summed E-state index contributed by atoms with van der Waals surface area (Å²) in [5.74, 6) is 0.207. The molecule has 0 radical (unpaired) electrons. The van der Waals surface area contributed by atoms with Crippen LogP contribution in [-0.4, -0.2) is 40.8 Å². The van der Waals surface area contributed by atoms with Crippen LogP contribution in [0.25, 0.3) is 10.2 Å². The highest BCUT2D eigenvalue weighted by atomic mass is 35.5. The number of carbonyl (C=O) groups is 1. The summed E-state index contributed by atoms with van der Waals surface area (Å²) in [6, 6.07) is 0. The first kappa shape index (κ1) is 15.9. The van der Waals surface area contributed by atoms with Gasteiger partial charge in [-0.15, -0.1) is 11.3 Å². The lowest BCUT2D eigenvalue weighted by atomic mass is 10.2. The Morgan fingerprint density at radius 2 is 2.24 bits per heavy atom. The van der Waals surface area contributed by atoms with E-state index in [-0.39, 0.29) is 17.9 Å². The number of carbonyl (C=O) groups excluding carboxylic acids is 1. The molecule has 0 aliphatic carbocycles. The van der Waals surface area contributed by atoms with E-state index >= 15 is 0 Å². The molecular weight excluding hydrogens is 314 g/mol. The zero-order valence-corrected chi connectivity index (χ0v) is 13.3. The van der Waals surface area contributed by atoms with Gasteiger partial charge < -0.3 is 15.2 Å². The highest BCUT2D eigenvalue weighted by Gasteiger charge is 2.20. The second-order valence-electron chi connectivity index (χ2n) is 4.30. The maximum atomic E-state index is 11.9. The van der Waals surface area contributed by atoms with E-state index in [1.165, 1.54) is 11.3 Å². The number of aryl methyl sites for hydroxylation is 1. The van der Waals surface area contributed by atoms with Gasteiger partial charge in [0.2, 0.25) is 5.28 Å². The van der Waals surface area contributed by atoms with Crippen molar-refractivity contribution >= 4 is 44.9 Å². The minimum atomic E-state index is -0.365. The summed E-state index contributed by atoms with van der Waals surface area (Å²) >= 11 is 7.16. The second-order valence-corrected chi connectivity index (χ2v) is 5.64. The van der Waals surface area contributed by atoms with Crippen LogP contribution >= 0.6 is 22.9 Å². The molecule has 21 heavy (non-hydrogen) atoms. The molecule has 0 unspecified atom stereocenters. The Balaban J connectivity index is 2.46. The van der Waals surface area contributed by atoms with Crippen molar-refractivity contribution in [2.45, 2.75) is 20.3 Å². The van der Waals surface area contributed by atoms with Gasteiger partial charge in [0.15, 0.2) is 0 Å². The highest BCUT2D eigenvalue weighted by Crippen LogP contribution is 2.35. The van der Waals surface area contributed by atoms with E-state index in [4.69, 9.17) is 21.4 Å². The van der Waals surface area contributed by atoms with Gasteiger partial charge in [-0.05, 0) is 37.4 Å². The second kappa shape index (κ2) is 7.02. The molecule has 0 atom stereocenters. The molecule has 2 aromatic heterocycles. The average Bonchev–Trinajstić information content (AvgIpc) is 2.76. The van der Waals surface area contributed by atoms with Crippen LogP contribution in [0.3, 0.4) is 0 Å². The Morgan fingerprint density at radius 3 is 2.90 bits per heavy atom. The van der Waals surface area contributed by atoms with Crippen molar-refractivity contribution in [2.24, 2.45) is 0 Å². The third-order valence-electron chi connectivity index (χ3n) is 2.85. The van der Waals surface area contributed by atoms with Gasteiger partial charge >= 0.3 is 5.97 Å². The molecule has 0 spiro atoms. The lowest BCUT2D eigenvalue weighted by Gasteiger charge is -2.07. The molecule has 0 amide bonds.